The third-order valence-electron chi connectivity index (χ3n) is 5.47. The van der Waals surface area contributed by atoms with E-state index in [1.54, 1.807) is 11.0 Å². The molecule has 3 rings (SSSR count). The van der Waals surface area contributed by atoms with Gasteiger partial charge in [0.15, 0.2) is 5.82 Å². The Morgan fingerprint density at radius 1 is 1.10 bits per heavy atom. The van der Waals surface area contributed by atoms with E-state index in [9.17, 15) is 9.59 Å². The van der Waals surface area contributed by atoms with Crippen molar-refractivity contribution in [2.45, 2.75) is 58.7 Å². The minimum Gasteiger partial charge on any atom is -0.373 e. The second-order valence-corrected chi connectivity index (χ2v) is 9.43. The lowest BCUT2D eigenvalue weighted by Crippen LogP contribution is -2.50. The van der Waals surface area contributed by atoms with Gasteiger partial charge in [0.1, 0.15) is 5.76 Å². The fourth-order valence-electron chi connectivity index (χ4n) is 3.95. The van der Waals surface area contributed by atoms with Gasteiger partial charge in [0.2, 0.25) is 5.91 Å². The number of carbonyl (C=O) groups excluding carboxylic acids is 2. The van der Waals surface area contributed by atoms with E-state index in [4.69, 9.17) is 9.26 Å². The average Bonchev–Trinajstić information content (AvgIpc) is 2.96. The van der Waals surface area contributed by atoms with Gasteiger partial charge in [-0.1, -0.05) is 25.9 Å². The molecule has 1 aromatic heterocycles. The standard InChI is InChI=1S/C21H35N5O4/c1-15-12-24(13-16(2)29-15)14-19(27)25-7-6-8-26(10-9-25)20(28)22-18-11-17(30-23-18)21(3,4)5/h11,15-16H,6-10,12-14H2,1-5H3,(H,22,23,28)/t15-,16+. The average molecular weight is 422 g/mol. The SMILES string of the molecule is C[C@@H]1CN(CC(=O)N2CCCN(C(=O)Nc3cc(C(C)(C)C)on3)CC2)C[C@H](C)O1. The molecule has 2 fully saturated rings. The van der Waals surface area contributed by atoms with Gasteiger partial charge in [0.25, 0.3) is 0 Å². The van der Waals surface area contributed by atoms with Crippen molar-refractivity contribution < 1.29 is 18.8 Å². The molecule has 0 radical (unpaired) electrons. The lowest BCUT2D eigenvalue weighted by atomic mass is 9.93. The Morgan fingerprint density at radius 3 is 2.37 bits per heavy atom. The largest absolute Gasteiger partial charge is 0.373 e. The van der Waals surface area contributed by atoms with Gasteiger partial charge in [-0.3, -0.25) is 15.0 Å². The Labute approximate surface area is 178 Å². The van der Waals surface area contributed by atoms with Crippen molar-refractivity contribution in [3.05, 3.63) is 11.8 Å². The van der Waals surface area contributed by atoms with Crippen LogP contribution in [-0.2, 0) is 14.9 Å². The normalized spacial score (nSPS) is 23.9. The summed E-state index contributed by atoms with van der Waals surface area (Å²) in [7, 11) is 0. The fourth-order valence-corrected chi connectivity index (χ4v) is 3.95. The molecule has 0 bridgehead atoms. The van der Waals surface area contributed by atoms with Crippen molar-refractivity contribution in [2.24, 2.45) is 0 Å². The summed E-state index contributed by atoms with van der Waals surface area (Å²) in [6.45, 7) is 14.4. The highest BCUT2D eigenvalue weighted by Gasteiger charge is 2.28. The highest BCUT2D eigenvalue weighted by atomic mass is 16.5. The van der Waals surface area contributed by atoms with Crippen LogP contribution in [0.2, 0.25) is 0 Å². The Bertz CT molecular complexity index is 734. The first kappa shape index (κ1) is 22.6. The first-order valence-electron chi connectivity index (χ1n) is 10.8. The molecule has 9 nitrogen and oxygen atoms in total. The van der Waals surface area contributed by atoms with E-state index in [1.807, 2.05) is 39.5 Å². The van der Waals surface area contributed by atoms with Crippen LogP contribution in [0.5, 0.6) is 0 Å². The molecule has 2 aliphatic heterocycles. The quantitative estimate of drug-likeness (QED) is 0.804. The molecule has 0 spiro atoms. The molecule has 1 N–H and O–H groups in total. The zero-order valence-corrected chi connectivity index (χ0v) is 18.8. The highest BCUT2D eigenvalue weighted by Crippen LogP contribution is 2.24. The third-order valence-corrected chi connectivity index (χ3v) is 5.47. The number of nitrogens with one attached hydrogen (secondary N) is 1. The smallest absolute Gasteiger partial charge is 0.323 e. The molecule has 3 heterocycles. The zero-order valence-electron chi connectivity index (χ0n) is 18.8. The van der Waals surface area contributed by atoms with Gasteiger partial charge >= 0.3 is 6.03 Å². The molecular weight excluding hydrogens is 386 g/mol. The molecule has 2 aliphatic rings. The van der Waals surface area contributed by atoms with E-state index in [1.165, 1.54) is 0 Å². The molecule has 30 heavy (non-hydrogen) atoms. The van der Waals surface area contributed by atoms with Crippen LogP contribution in [0, 0.1) is 0 Å². The monoisotopic (exact) mass is 421 g/mol. The predicted octanol–water partition coefficient (Wildman–Crippen LogP) is 2.15. The maximum atomic E-state index is 12.8. The first-order chi connectivity index (χ1) is 14.1. The second-order valence-electron chi connectivity index (χ2n) is 9.43. The Hall–Kier alpha value is -2.13. The molecule has 0 unspecified atom stereocenters. The van der Waals surface area contributed by atoms with Gasteiger partial charge in [0, 0.05) is 50.7 Å². The summed E-state index contributed by atoms with van der Waals surface area (Å²) in [6.07, 6.45) is 1.03. The first-order valence-corrected chi connectivity index (χ1v) is 10.8. The summed E-state index contributed by atoms with van der Waals surface area (Å²) < 4.78 is 11.1. The number of amides is 3. The summed E-state index contributed by atoms with van der Waals surface area (Å²) in [5.74, 6) is 1.25. The molecule has 2 atom stereocenters. The van der Waals surface area contributed by atoms with Crippen LogP contribution in [-0.4, -0.2) is 89.8 Å². The topological polar surface area (TPSA) is 91.2 Å². The van der Waals surface area contributed by atoms with Crippen LogP contribution < -0.4 is 5.32 Å². The molecule has 3 amide bonds. The van der Waals surface area contributed by atoms with Crippen LogP contribution in [0.3, 0.4) is 0 Å². The van der Waals surface area contributed by atoms with Gasteiger partial charge in [-0.2, -0.15) is 0 Å². The van der Waals surface area contributed by atoms with Crippen LogP contribution in [0.25, 0.3) is 0 Å². The number of hydrogen-bond acceptors (Lipinski definition) is 6. The number of anilines is 1. The molecule has 2 saturated heterocycles. The Kier molecular flexibility index (Phi) is 7.02. The molecule has 168 valence electrons. The molecule has 0 saturated carbocycles. The van der Waals surface area contributed by atoms with Gasteiger partial charge < -0.3 is 19.1 Å². The van der Waals surface area contributed by atoms with E-state index in [0.29, 0.717) is 38.5 Å². The van der Waals surface area contributed by atoms with Gasteiger partial charge in [-0.15, -0.1) is 0 Å². The molecule has 9 heteroatoms. The van der Waals surface area contributed by atoms with Crippen LogP contribution in [0.15, 0.2) is 10.6 Å². The number of carbonyl (C=O) groups is 2. The lowest BCUT2D eigenvalue weighted by Gasteiger charge is -2.35. The summed E-state index contributed by atoms with van der Waals surface area (Å²) in [5, 5.41) is 6.76. The minimum absolute atomic E-state index is 0.116. The van der Waals surface area contributed by atoms with Crippen molar-refractivity contribution in [1.29, 1.82) is 0 Å². The second kappa shape index (κ2) is 9.34. The van der Waals surface area contributed by atoms with Crippen LogP contribution in [0.4, 0.5) is 10.6 Å². The minimum atomic E-state index is -0.214. The van der Waals surface area contributed by atoms with Crippen molar-refractivity contribution in [2.75, 3.05) is 51.1 Å². The van der Waals surface area contributed by atoms with Gasteiger partial charge in [-0.25, -0.2) is 4.79 Å². The van der Waals surface area contributed by atoms with E-state index < -0.39 is 0 Å². The number of hydrogen-bond donors (Lipinski definition) is 1. The van der Waals surface area contributed by atoms with Crippen molar-refractivity contribution in [3.8, 4) is 0 Å². The molecule has 0 aromatic carbocycles. The number of rotatable bonds is 3. The Balaban J connectivity index is 1.49. The number of ether oxygens (including phenoxy) is 1. The van der Waals surface area contributed by atoms with E-state index in [-0.39, 0.29) is 29.6 Å². The van der Waals surface area contributed by atoms with Crippen molar-refractivity contribution >= 4 is 17.8 Å². The van der Waals surface area contributed by atoms with Crippen LogP contribution >= 0.6 is 0 Å². The van der Waals surface area contributed by atoms with Gasteiger partial charge in [-0.05, 0) is 20.3 Å². The molecular formula is C21H35N5O4. The number of nitrogens with zero attached hydrogens (tertiary/aromatic N) is 4. The summed E-state index contributed by atoms with van der Waals surface area (Å²) in [6, 6.07) is 1.55. The van der Waals surface area contributed by atoms with Crippen molar-refractivity contribution in [1.82, 2.24) is 19.9 Å². The van der Waals surface area contributed by atoms with E-state index in [0.717, 1.165) is 25.3 Å². The van der Waals surface area contributed by atoms with Crippen LogP contribution in [0.1, 0.15) is 46.8 Å². The highest BCUT2D eigenvalue weighted by molar-refractivity contribution is 5.88. The molecule has 0 aliphatic carbocycles. The van der Waals surface area contributed by atoms with Gasteiger partial charge in [0.05, 0.1) is 18.8 Å². The maximum absolute atomic E-state index is 12.8. The third kappa shape index (κ3) is 5.95. The summed E-state index contributed by atoms with van der Waals surface area (Å²) in [4.78, 5) is 31.2. The Morgan fingerprint density at radius 2 is 1.73 bits per heavy atom. The number of aromatic nitrogens is 1. The zero-order chi connectivity index (χ0) is 21.9. The van der Waals surface area contributed by atoms with E-state index >= 15 is 0 Å². The number of morpholine rings is 1. The molecule has 1 aromatic rings. The maximum Gasteiger partial charge on any atom is 0.323 e. The summed E-state index contributed by atoms with van der Waals surface area (Å²) in [5.41, 5.74) is -0.171. The fraction of sp³-hybridized carbons (Fsp3) is 0.762. The van der Waals surface area contributed by atoms with Crippen molar-refractivity contribution in [3.63, 3.8) is 0 Å². The number of urea groups is 1. The summed E-state index contributed by atoms with van der Waals surface area (Å²) >= 11 is 0. The van der Waals surface area contributed by atoms with E-state index in [2.05, 4.69) is 15.4 Å². The lowest BCUT2D eigenvalue weighted by molar-refractivity contribution is -0.135. The predicted molar refractivity (Wildman–Crippen MR) is 113 cm³/mol.